The summed E-state index contributed by atoms with van der Waals surface area (Å²) in [7, 11) is 0. The normalized spacial score (nSPS) is 10.7. The Bertz CT molecular complexity index is 1390. The first-order chi connectivity index (χ1) is 15.4. The maximum atomic E-state index is 12.4. The number of anilines is 2. The van der Waals surface area contributed by atoms with Crippen molar-refractivity contribution in [3.05, 3.63) is 64.7 Å². The van der Waals surface area contributed by atoms with Gasteiger partial charge in [-0.1, -0.05) is 18.2 Å². The molecular weight excluding hydrogens is 406 g/mol. The number of fused-ring (bicyclic) bond motifs is 1. The zero-order valence-corrected chi connectivity index (χ0v) is 18.2. The highest BCUT2D eigenvalue weighted by molar-refractivity contribution is 5.95. The number of rotatable bonds is 5. The van der Waals surface area contributed by atoms with Crippen LogP contribution in [0.4, 0.5) is 11.6 Å². The van der Waals surface area contributed by atoms with Crippen molar-refractivity contribution in [2.24, 2.45) is 0 Å². The molecule has 32 heavy (non-hydrogen) atoms. The third-order valence-electron chi connectivity index (χ3n) is 4.98. The SMILES string of the molecule is CCOC(=O)c1cnc(C)nc1Nc1c(C#N)cnn1-c1cc(C)c2cccc(C)c2n1. The van der Waals surface area contributed by atoms with Gasteiger partial charge in [0.05, 0.1) is 18.3 Å². The van der Waals surface area contributed by atoms with Crippen LogP contribution in [0.25, 0.3) is 16.7 Å². The minimum Gasteiger partial charge on any atom is -0.462 e. The Morgan fingerprint density at radius 2 is 2.00 bits per heavy atom. The average molecular weight is 427 g/mol. The van der Waals surface area contributed by atoms with Crippen LogP contribution in [0.1, 0.15) is 39.8 Å². The second kappa shape index (κ2) is 8.43. The highest BCUT2D eigenvalue weighted by Crippen LogP contribution is 2.27. The molecule has 0 saturated carbocycles. The molecule has 0 unspecified atom stereocenters. The van der Waals surface area contributed by atoms with E-state index in [0.717, 1.165) is 22.0 Å². The molecule has 3 aromatic heterocycles. The number of hydrogen-bond donors (Lipinski definition) is 1. The van der Waals surface area contributed by atoms with Crippen molar-refractivity contribution in [1.29, 1.82) is 5.26 Å². The van der Waals surface area contributed by atoms with Crippen molar-refractivity contribution < 1.29 is 9.53 Å². The van der Waals surface area contributed by atoms with Gasteiger partial charge in [0, 0.05) is 11.6 Å². The number of esters is 1. The molecular formula is C23H21N7O2. The van der Waals surface area contributed by atoms with E-state index in [1.54, 1.807) is 13.8 Å². The van der Waals surface area contributed by atoms with Gasteiger partial charge in [-0.05, 0) is 44.9 Å². The molecule has 9 heteroatoms. The predicted molar refractivity (Wildman–Crippen MR) is 119 cm³/mol. The Kier molecular flexibility index (Phi) is 5.52. The molecule has 1 aromatic carbocycles. The van der Waals surface area contributed by atoms with Crippen molar-refractivity contribution in [2.75, 3.05) is 11.9 Å². The van der Waals surface area contributed by atoms with E-state index in [1.165, 1.54) is 17.1 Å². The molecule has 160 valence electrons. The zero-order chi connectivity index (χ0) is 22.8. The van der Waals surface area contributed by atoms with Gasteiger partial charge in [-0.3, -0.25) is 0 Å². The first-order valence-electron chi connectivity index (χ1n) is 10.1. The van der Waals surface area contributed by atoms with Crippen LogP contribution in [0.15, 0.2) is 36.7 Å². The Morgan fingerprint density at radius 1 is 1.19 bits per heavy atom. The lowest BCUT2D eigenvalue weighted by Crippen LogP contribution is -2.13. The lowest BCUT2D eigenvalue weighted by Gasteiger charge is -2.14. The predicted octanol–water partition coefficient (Wildman–Crippen LogP) is 3.93. The molecule has 3 heterocycles. The minimum absolute atomic E-state index is 0.160. The molecule has 0 atom stereocenters. The second-order valence-corrected chi connectivity index (χ2v) is 7.22. The van der Waals surface area contributed by atoms with Crippen molar-refractivity contribution >= 4 is 28.5 Å². The molecule has 0 aliphatic rings. The van der Waals surface area contributed by atoms with Gasteiger partial charge >= 0.3 is 5.97 Å². The van der Waals surface area contributed by atoms with Gasteiger partial charge in [-0.25, -0.2) is 19.7 Å². The number of pyridine rings is 1. The monoisotopic (exact) mass is 427 g/mol. The number of nitriles is 1. The number of benzene rings is 1. The molecule has 0 saturated heterocycles. The second-order valence-electron chi connectivity index (χ2n) is 7.22. The summed E-state index contributed by atoms with van der Waals surface area (Å²) < 4.78 is 6.65. The summed E-state index contributed by atoms with van der Waals surface area (Å²) >= 11 is 0. The molecule has 0 bridgehead atoms. The van der Waals surface area contributed by atoms with Crippen molar-refractivity contribution in [2.45, 2.75) is 27.7 Å². The fraction of sp³-hybridized carbons (Fsp3) is 0.217. The minimum atomic E-state index is -0.560. The summed E-state index contributed by atoms with van der Waals surface area (Å²) in [6.07, 6.45) is 2.84. The fourth-order valence-corrected chi connectivity index (χ4v) is 3.41. The van der Waals surface area contributed by atoms with Crippen LogP contribution in [0.3, 0.4) is 0 Å². The average Bonchev–Trinajstić information content (AvgIpc) is 3.17. The van der Waals surface area contributed by atoms with Crippen LogP contribution in [0.5, 0.6) is 0 Å². The van der Waals surface area contributed by atoms with E-state index in [9.17, 15) is 10.1 Å². The first kappa shape index (κ1) is 20.9. The number of ether oxygens (including phenoxy) is 1. The molecule has 4 rings (SSSR count). The first-order valence-corrected chi connectivity index (χ1v) is 10.1. The van der Waals surface area contributed by atoms with Gasteiger partial charge in [0.2, 0.25) is 0 Å². The molecule has 0 fully saturated rings. The molecule has 4 aromatic rings. The van der Waals surface area contributed by atoms with E-state index < -0.39 is 5.97 Å². The van der Waals surface area contributed by atoms with E-state index in [2.05, 4.69) is 26.5 Å². The third-order valence-corrected chi connectivity index (χ3v) is 4.98. The molecule has 0 aliphatic carbocycles. The summed E-state index contributed by atoms with van der Waals surface area (Å²) in [5.74, 6) is 1.01. The molecule has 1 N–H and O–H groups in total. The van der Waals surface area contributed by atoms with Crippen molar-refractivity contribution in [3.63, 3.8) is 0 Å². The van der Waals surface area contributed by atoms with Crippen LogP contribution in [-0.4, -0.2) is 37.3 Å². The van der Waals surface area contributed by atoms with Gasteiger partial charge in [0.25, 0.3) is 0 Å². The van der Waals surface area contributed by atoms with E-state index in [4.69, 9.17) is 9.72 Å². The standard InChI is InChI=1S/C23H21N7O2/c1-5-32-23(31)18-12-25-15(4)27-21(18)29-22-16(10-24)11-26-30(22)19-9-14(3)17-8-6-7-13(2)20(17)28-19/h6-9,11-12H,5H2,1-4H3,(H,25,27,29). The summed E-state index contributed by atoms with van der Waals surface area (Å²) in [6, 6.07) is 10.0. The van der Waals surface area contributed by atoms with E-state index in [-0.39, 0.29) is 23.6 Å². The Labute approximate surface area is 184 Å². The summed E-state index contributed by atoms with van der Waals surface area (Å²) in [5.41, 5.74) is 3.35. The van der Waals surface area contributed by atoms with Gasteiger partial charge in [0.15, 0.2) is 11.6 Å². The molecule has 0 spiro atoms. The van der Waals surface area contributed by atoms with Crippen LogP contribution in [-0.2, 0) is 4.74 Å². The van der Waals surface area contributed by atoms with Crippen LogP contribution >= 0.6 is 0 Å². The summed E-state index contributed by atoms with van der Waals surface area (Å²) in [6.45, 7) is 7.64. The topological polar surface area (TPSA) is 119 Å². The fourth-order valence-electron chi connectivity index (χ4n) is 3.41. The smallest absolute Gasteiger partial charge is 0.343 e. The van der Waals surface area contributed by atoms with Gasteiger partial charge in [0.1, 0.15) is 28.8 Å². The number of nitrogens with zero attached hydrogens (tertiary/aromatic N) is 6. The van der Waals surface area contributed by atoms with E-state index in [1.807, 2.05) is 38.1 Å². The Morgan fingerprint density at radius 3 is 2.75 bits per heavy atom. The van der Waals surface area contributed by atoms with Crippen LogP contribution < -0.4 is 5.32 Å². The van der Waals surface area contributed by atoms with E-state index in [0.29, 0.717) is 17.5 Å². The van der Waals surface area contributed by atoms with Gasteiger partial charge in [-0.15, -0.1) is 0 Å². The largest absolute Gasteiger partial charge is 0.462 e. The Hall–Kier alpha value is -4.32. The number of carbonyl (C=O) groups is 1. The Balaban J connectivity index is 1.86. The molecule has 0 radical (unpaired) electrons. The lowest BCUT2D eigenvalue weighted by atomic mass is 10.1. The number of carbonyl (C=O) groups excluding carboxylic acids is 1. The number of aromatic nitrogens is 5. The zero-order valence-electron chi connectivity index (χ0n) is 18.2. The molecule has 9 nitrogen and oxygen atoms in total. The third kappa shape index (κ3) is 3.74. The maximum absolute atomic E-state index is 12.4. The number of para-hydroxylation sites is 1. The van der Waals surface area contributed by atoms with Crippen molar-refractivity contribution in [3.8, 4) is 11.9 Å². The van der Waals surface area contributed by atoms with Gasteiger partial charge in [-0.2, -0.15) is 15.0 Å². The van der Waals surface area contributed by atoms with E-state index >= 15 is 0 Å². The number of aryl methyl sites for hydroxylation is 3. The highest BCUT2D eigenvalue weighted by atomic mass is 16.5. The number of hydrogen-bond acceptors (Lipinski definition) is 8. The van der Waals surface area contributed by atoms with Crippen LogP contribution in [0.2, 0.25) is 0 Å². The molecule has 0 amide bonds. The summed E-state index contributed by atoms with van der Waals surface area (Å²) in [4.78, 5) is 25.6. The lowest BCUT2D eigenvalue weighted by molar-refractivity contribution is 0.0526. The summed E-state index contributed by atoms with van der Waals surface area (Å²) in [5, 5.41) is 18.2. The maximum Gasteiger partial charge on any atom is 0.343 e. The van der Waals surface area contributed by atoms with Gasteiger partial charge < -0.3 is 10.1 Å². The number of nitrogens with one attached hydrogen (secondary N) is 1. The quantitative estimate of drug-likeness (QED) is 0.476. The molecule has 0 aliphatic heterocycles. The van der Waals surface area contributed by atoms with Crippen LogP contribution in [0, 0.1) is 32.1 Å². The van der Waals surface area contributed by atoms with Crippen molar-refractivity contribution in [1.82, 2.24) is 24.7 Å². The highest BCUT2D eigenvalue weighted by Gasteiger charge is 2.20.